The largest absolute Gasteiger partial charge is 0.257 e. The highest BCUT2D eigenvalue weighted by Gasteiger charge is 2.07. The predicted octanol–water partition coefficient (Wildman–Crippen LogP) is 4.50. The molecule has 0 radical (unpaired) electrons. The number of pyridine rings is 1. The highest BCUT2D eigenvalue weighted by molar-refractivity contribution is 7.07. The van der Waals surface area contributed by atoms with Crippen LogP contribution in [0.4, 0.5) is 0 Å². The van der Waals surface area contributed by atoms with Crippen molar-refractivity contribution in [3.63, 3.8) is 0 Å². The molecule has 3 aromatic rings. The van der Waals surface area contributed by atoms with Gasteiger partial charge in [0, 0.05) is 23.7 Å². The lowest BCUT2D eigenvalue weighted by molar-refractivity contribution is 0.764. The highest BCUT2D eigenvalue weighted by atomic mass is 32.1. The minimum absolute atomic E-state index is 0.823. The third-order valence-electron chi connectivity index (χ3n) is 3.78. The van der Waals surface area contributed by atoms with Gasteiger partial charge < -0.3 is 0 Å². The Morgan fingerprint density at radius 1 is 1.16 bits per heavy atom. The number of benzene rings is 1. The van der Waals surface area contributed by atoms with Gasteiger partial charge in [-0.1, -0.05) is 49.2 Å². The summed E-state index contributed by atoms with van der Waals surface area (Å²) in [5.74, 6) is 0. The molecule has 3 rings (SSSR count). The molecule has 0 aliphatic carbocycles. The standard InChI is InChI=1S/C20H22N4S/c1-3-4-12-22-20-24(23-14-18-7-5-6-13-21-18)19(15-25-20)17-10-8-16(2)9-11-17/h5-11,13-15H,3-4,12H2,1-2H3/b22-20?,23-14-. The molecule has 0 saturated heterocycles. The number of unbranched alkanes of at least 4 members (excludes halogenated alkanes) is 1. The summed E-state index contributed by atoms with van der Waals surface area (Å²) in [4.78, 5) is 9.94. The first kappa shape index (κ1) is 17.3. The average molecular weight is 350 g/mol. The van der Waals surface area contributed by atoms with Gasteiger partial charge in [-0.25, -0.2) is 4.68 Å². The second-order valence-electron chi connectivity index (χ2n) is 5.82. The summed E-state index contributed by atoms with van der Waals surface area (Å²) in [6, 6.07) is 14.3. The van der Waals surface area contributed by atoms with Crippen molar-refractivity contribution in [2.45, 2.75) is 26.7 Å². The first-order chi connectivity index (χ1) is 12.3. The van der Waals surface area contributed by atoms with E-state index in [4.69, 9.17) is 4.99 Å². The van der Waals surface area contributed by atoms with Crippen molar-refractivity contribution in [1.82, 2.24) is 9.66 Å². The molecular weight excluding hydrogens is 328 g/mol. The maximum absolute atomic E-state index is 4.72. The number of aromatic nitrogens is 2. The molecule has 1 aromatic carbocycles. The normalized spacial score (nSPS) is 12.2. The second-order valence-corrected chi connectivity index (χ2v) is 6.65. The molecule has 0 aliphatic rings. The lowest BCUT2D eigenvalue weighted by Gasteiger charge is -2.04. The number of hydrogen-bond acceptors (Lipinski definition) is 4. The molecule has 0 fully saturated rings. The zero-order chi connectivity index (χ0) is 17.5. The molecule has 0 aliphatic heterocycles. The van der Waals surface area contributed by atoms with E-state index in [0.717, 1.165) is 41.1 Å². The van der Waals surface area contributed by atoms with Crippen LogP contribution in [0.3, 0.4) is 0 Å². The Morgan fingerprint density at radius 2 is 2.00 bits per heavy atom. The van der Waals surface area contributed by atoms with Crippen molar-refractivity contribution in [3.8, 4) is 11.3 Å². The van der Waals surface area contributed by atoms with Crippen molar-refractivity contribution in [2.75, 3.05) is 6.54 Å². The van der Waals surface area contributed by atoms with Crippen LogP contribution in [0.1, 0.15) is 31.0 Å². The number of aryl methyl sites for hydroxylation is 1. The van der Waals surface area contributed by atoms with Gasteiger partial charge in [0.2, 0.25) is 4.80 Å². The number of rotatable bonds is 6. The summed E-state index contributed by atoms with van der Waals surface area (Å²) in [7, 11) is 0. The van der Waals surface area contributed by atoms with E-state index in [-0.39, 0.29) is 0 Å². The quantitative estimate of drug-likeness (QED) is 0.477. The van der Waals surface area contributed by atoms with Crippen LogP contribution in [0.5, 0.6) is 0 Å². The zero-order valence-corrected chi connectivity index (χ0v) is 15.4. The van der Waals surface area contributed by atoms with E-state index >= 15 is 0 Å². The van der Waals surface area contributed by atoms with Gasteiger partial charge in [-0.2, -0.15) is 5.10 Å². The Morgan fingerprint density at radius 3 is 2.72 bits per heavy atom. The van der Waals surface area contributed by atoms with Crippen molar-refractivity contribution < 1.29 is 0 Å². The molecule has 2 aromatic heterocycles. The van der Waals surface area contributed by atoms with Gasteiger partial charge in [-0.05, 0) is 25.5 Å². The number of thiazole rings is 1. The highest BCUT2D eigenvalue weighted by Crippen LogP contribution is 2.20. The Bertz CT molecular complexity index is 889. The lowest BCUT2D eigenvalue weighted by Crippen LogP contribution is -2.13. The molecule has 0 spiro atoms. The lowest BCUT2D eigenvalue weighted by atomic mass is 10.1. The molecule has 0 bridgehead atoms. The van der Waals surface area contributed by atoms with Crippen LogP contribution in [0.15, 0.2) is 64.1 Å². The van der Waals surface area contributed by atoms with E-state index in [1.807, 2.05) is 22.9 Å². The number of nitrogens with zero attached hydrogens (tertiary/aromatic N) is 4. The third-order valence-corrected chi connectivity index (χ3v) is 4.64. The van der Waals surface area contributed by atoms with Crippen LogP contribution in [0, 0.1) is 6.92 Å². The molecule has 5 heteroatoms. The molecule has 0 N–H and O–H groups in total. The van der Waals surface area contributed by atoms with Gasteiger partial charge in [-0.15, -0.1) is 11.3 Å². The Hall–Kier alpha value is -2.53. The first-order valence-corrected chi connectivity index (χ1v) is 9.39. The Labute approximate surface area is 152 Å². The average Bonchev–Trinajstić information content (AvgIpc) is 3.04. The minimum atomic E-state index is 0.823. The molecule has 0 amide bonds. The van der Waals surface area contributed by atoms with E-state index < -0.39 is 0 Å². The van der Waals surface area contributed by atoms with E-state index in [1.165, 1.54) is 5.56 Å². The summed E-state index contributed by atoms with van der Waals surface area (Å²) >= 11 is 1.62. The summed E-state index contributed by atoms with van der Waals surface area (Å²) in [5.41, 5.74) is 4.26. The van der Waals surface area contributed by atoms with Gasteiger partial charge in [-0.3, -0.25) is 9.98 Å². The van der Waals surface area contributed by atoms with Gasteiger partial charge in [0.15, 0.2) is 0 Å². The fraction of sp³-hybridized carbons (Fsp3) is 0.250. The molecule has 25 heavy (non-hydrogen) atoms. The molecule has 2 heterocycles. The van der Waals surface area contributed by atoms with E-state index in [9.17, 15) is 0 Å². The molecule has 0 atom stereocenters. The smallest absolute Gasteiger partial charge is 0.206 e. The summed E-state index contributed by atoms with van der Waals surface area (Å²) in [6.45, 7) is 5.09. The minimum Gasteiger partial charge on any atom is -0.257 e. The SMILES string of the molecule is CCCCN=c1scc(-c2ccc(C)cc2)n1/N=C\c1ccccn1. The fourth-order valence-electron chi connectivity index (χ4n) is 2.34. The van der Waals surface area contributed by atoms with E-state index in [2.05, 4.69) is 53.6 Å². The van der Waals surface area contributed by atoms with Crippen LogP contribution < -0.4 is 4.80 Å². The van der Waals surface area contributed by atoms with Gasteiger partial charge in [0.1, 0.15) is 0 Å². The summed E-state index contributed by atoms with van der Waals surface area (Å²) < 4.78 is 1.92. The van der Waals surface area contributed by atoms with Crippen molar-refractivity contribution >= 4 is 17.6 Å². The van der Waals surface area contributed by atoms with E-state index in [0.29, 0.717) is 0 Å². The fourth-order valence-corrected chi connectivity index (χ4v) is 3.21. The number of hydrogen-bond donors (Lipinski definition) is 0. The van der Waals surface area contributed by atoms with Gasteiger partial charge >= 0.3 is 0 Å². The van der Waals surface area contributed by atoms with Crippen LogP contribution in [0.25, 0.3) is 11.3 Å². The predicted molar refractivity (Wildman–Crippen MR) is 105 cm³/mol. The topological polar surface area (TPSA) is 42.5 Å². The molecule has 128 valence electrons. The molecule has 4 nitrogen and oxygen atoms in total. The van der Waals surface area contributed by atoms with Gasteiger partial charge in [0.25, 0.3) is 0 Å². The summed E-state index contributed by atoms with van der Waals surface area (Å²) in [6.07, 6.45) is 5.77. The third kappa shape index (κ3) is 4.51. The van der Waals surface area contributed by atoms with Gasteiger partial charge in [0.05, 0.1) is 17.6 Å². The molecule has 0 unspecified atom stereocenters. The second kappa shape index (κ2) is 8.53. The monoisotopic (exact) mass is 350 g/mol. The van der Waals surface area contributed by atoms with Crippen LogP contribution in [0.2, 0.25) is 0 Å². The summed E-state index contributed by atoms with van der Waals surface area (Å²) in [5, 5.41) is 6.78. The van der Waals surface area contributed by atoms with Crippen molar-refractivity contribution in [2.24, 2.45) is 10.1 Å². The maximum Gasteiger partial charge on any atom is 0.206 e. The van der Waals surface area contributed by atoms with E-state index in [1.54, 1.807) is 23.7 Å². The molecule has 0 saturated carbocycles. The van der Waals surface area contributed by atoms with Crippen molar-refractivity contribution in [3.05, 3.63) is 70.1 Å². The van der Waals surface area contributed by atoms with Crippen LogP contribution in [-0.2, 0) is 0 Å². The molecular formula is C20H22N4S. The van der Waals surface area contributed by atoms with Crippen LogP contribution in [-0.4, -0.2) is 22.4 Å². The van der Waals surface area contributed by atoms with Crippen LogP contribution >= 0.6 is 11.3 Å². The first-order valence-electron chi connectivity index (χ1n) is 8.51. The Kier molecular flexibility index (Phi) is 5.90. The zero-order valence-electron chi connectivity index (χ0n) is 14.6. The van der Waals surface area contributed by atoms with Crippen molar-refractivity contribution in [1.29, 1.82) is 0 Å². The maximum atomic E-state index is 4.72. The Balaban J connectivity index is 2.02.